The van der Waals surface area contributed by atoms with E-state index in [1.807, 2.05) is 12.1 Å². The summed E-state index contributed by atoms with van der Waals surface area (Å²) in [5.74, 6) is 0.790. The fraction of sp³-hybridized carbons (Fsp3) is 0.353. The largest absolute Gasteiger partial charge is 0.396 e. The second kappa shape index (κ2) is 7.15. The summed E-state index contributed by atoms with van der Waals surface area (Å²) in [6.07, 6.45) is 5.03. The van der Waals surface area contributed by atoms with E-state index in [4.69, 9.17) is 5.26 Å². The van der Waals surface area contributed by atoms with Crippen molar-refractivity contribution in [1.29, 1.82) is 5.26 Å². The predicted octanol–water partition coefficient (Wildman–Crippen LogP) is 1.74. The Morgan fingerprint density at radius 2 is 2.29 bits per heavy atom. The summed E-state index contributed by atoms with van der Waals surface area (Å²) in [6, 6.07) is 7.07. The summed E-state index contributed by atoms with van der Waals surface area (Å²) >= 11 is 0. The number of aromatic nitrogens is 2. The van der Waals surface area contributed by atoms with Gasteiger partial charge in [0.1, 0.15) is 11.8 Å². The number of aliphatic hydroxyl groups excluding tert-OH is 1. The minimum Gasteiger partial charge on any atom is -0.396 e. The van der Waals surface area contributed by atoms with Crippen molar-refractivity contribution in [2.75, 3.05) is 29.9 Å². The van der Waals surface area contributed by atoms with E-state index in [1.54, 1.807) is 12.3 Å². The highest BCUT2D eigenvalue weighted by atomic mass is 16.3. The smallest absolute Gasteiger partial charge is 0.257 e. The summed E-state index contributed by atoms with van der Waals surface area (Å²) in [7, 11) is 0. The van der Waals surface area contributed by atoms with E-state index in [1.165, 1.54) is 12.3 Å². The fourth-order valence-electron chi connectivity index (χ4n) is 2.86. The van der Waals surface area contributed by atoms with Gasteiger partial charge in [-0.05, 0) is 37.0 Å². The van der Waals surface area contributed by atoms with Crippen molar-refractivity contribution in [3.05, 3.63) is 41.9 Å². The van der Waals surface area contributed by atoms with Crippen molar-refractivity contribution in [1.82, 2.24) is 9.97 Å². The van der Waals surface area contributed by atoms with Crippen molar-refractivity contribution in [2.45, 2.75) is 12.8 Å². The molecular formula is C17H19N5O2. The lowest BCUT2D eigenvalue weighted by Gasteiger charge is -2.33. The third-order valence-electron chi connectivity index (χ3n) is 4.27. The molecule has 0 aliphatic carbocycles. The van der Waals surface area contributed by atoms with E-state index in [9.17, 15) is 9.90 Å². The Morgan fingerprint density at radius 1 is 1.50 bits per heavy atom. The average Bonchev–Trinajstić information content (AvgIpc) is 3.12. The first kappa shape index (κ1) is 16.0. The molecule has 0 bridgehead atoms. The highest BCUT2D eigenvalue weighted by Gasteiger charge is 2.22. The highest BCUT2D eigenvalue weighted by Crippen LogP contribution is 2.27. The minimum atomic E-state index is -0.285. The first-order valence-corrected chi connectivity index (χ1v) is 7.92. The molecule has 0 saturated carbocycles. The maximum absolute atomic E-state index is 12.4. The van der Waals surface area contributed by atoms with Crippen LogP contribution in [0.4, 0.5) is 11.5 Å². The van der Waals surface area contributed by atoms with Crippen LogP contribution in [-0.4, -0.2) is 40.7 Å². The third kappa shape index (κ3) is 3.39. The standard InChI is InChI=1S/C17H19N5O2/c18-9-14-8-13(10-20-14)17(24)21-15-2-1-5-19-16(15)22-6-3-12(11-23)4-7-22/h1-2,5,8,10,12,20,23H,3-4,6-7,11H2,(H,21,24). The van der Waals surface area contributed by atoms with Gasteiger partial charge < -0.3 is 20.3 Å². The van der Waals surface area contributed by atoms with Crippen LogP contribution < -0.4 is 10.2 Å². The molecule has 0 spiro atoms. The molecule has 7 nitrogen and oxygen atoms in total. The molecule has 0 unspecified atom stereocenters. The summed E-state index contributed by atoms with van der Waals surface area (Å²) in [5.41, 5.74) is 1.39. The molecule has 0 atom stereocenters. The molecule has 3 heterocycles. The molecule has 1 amide bonds. The number of hydrogen-bond acceptors (Lipinski definition) is 5. The minimum absolute atomic E-state index is 0.217. The molecule has 24 heavy (non-hydrogen) atoms. The molecule has 2 aromatic heterocycles. The zero-order chi connectivity index (χ0) is 16.9. The number of piperidine rings is 1. The van der Waals surface area contributed by atoms with Crippen LogP contribution in [-0.2, 0) is 0 Å². The Kier molecular flexibility index (Phi) is 4.77. The zero-order valence-corrected chi connectivity index (χ0v) is 13.2. The average molecular weight is 325 g/mol. The number of carbonyl (C=O) groups excluding carboxylic acids is 1. The molecule has 3 N–H and O–H groups in total. The van der Waals surface area contributed by atoms with Crippen LogP contribution in [0.25, 0.3) is 0 Å². The Bertz CT molecular complexity index is 756. The van der Waals surface area contributed by atoms with Gasteiger partial charge in [-0.3, -0.25) is 4.79 Å². The van der Waals surface area contributed by atoms with Gasteiger partial charge >= 0.3 is 0 Å². The van der Waals surface area contributed by atoms with Crippen LogP contribution in [0.2, 0.25) is 0 Å². The quantitative estimate of drug-likeness (QED) is 0.794. The Morgan fingerprint density at radius 3 is 2.96 bits per heavy atom. The Balaban J connectivity index is 1.75. The normalized spacial score (nSPS) is 15.1. The van der Waals surface area contributed by atoms with Gasteiger partial charge in [-0.1, -0.05) is 0 Å². The second-order valence-corrected chi connectivity index (χ2v) is 5.86. The number of H-pyrrole nitrogens is 1. The molecule has 1 saturated heterocycles. The van der Waals surface area contributed by atoms with Crippen molar-refractivity contribution in [2.24, 2.45) is 5.92 Å². The molecule has 2 aromatic rings. The van der Waals surface area contributed by atoms with Crippen LogP contribution in [0.5, 0.6) is 0 Å². The van der Waals surface area contributed by atoms with E-state index in [-0.39, 0.29) is 12.5 Å². The molecule has 1 aliphatic heterocycles. The van der Waals surface area contributed by atoms with E-state index in [2.05, 4.69) is 20.2 Å². The maximum Gasteiger partial charge on any atom is 0.257 e. The van der Waals surface area contributed by atoms with Crippen LogP contribution in [0, 0.1) is 17.2 Å². The van der Waals surface area contributed by atoms with Crippen molar-refractivity contribution < 1.29 is 9.90 Å². The number of nitrogens with one attached hydrogen (secondary N) is 2. The van der Waals surface area contributed by atoms with Crippen molar-refractivity contribution in [3.63, 3.8) is 0 Å². The first-order valence-electron chi connectivity index (χ1n) is 7.92. The highest BCUT2D eigenvalue weighted by molar-refractivity contribution is 6.05. The van der Waals surface area contributed by atoms with E-state index < -0.39 is 0 Å². The lowest BCUT2D eigenvalue weighted by Crippen LogP contribution is -2.35. The van der Waals surface area contributed by atoms with Gasteiger partial charge in [0.25, 0.3) is 5.91 Å². The maximum atomic E-state index is 12.4. The monoisotopic (exact) mass is 325 g/mol. The molecule has 7 heteroatoms. The molecular weight excluding hydrogens is 306 g/mol. The second-order valence-electron chi connectivity index (χ2n) is 5.86. The van der Waals surface area contributed by atoms with Gasteiger partial charge in [-0.25, -0.2) is 4.98 Å². The summed E-state index contributed by atoms with van der Waals surface area (Å²) in [4.78, 5) is 21.6. The number of pyridine rings is 1. The van der Waals surface area contributed by atoms with Gasteiger partial charge in [0.15, 0.2) is 5.82 Å². The molecule has 0 radical (unpaired) electrons. The van der Waals surface area contributed by atoms with Crippen LogP contribution in [0.1, 0.15) is 28.9 Å². The third-order valence-corrected chi connectivity index (χ3v) is 4.27. The molecule has 0 aromatic carbocycles. The number of nitriles is 1. The first-order chi connectivity index (χ1) is 11.7. The Labute approximate surface area is 139 Å². The number of hydrogen-bond donors (Lipinski definition) is 3. The van der Waals surface area contributed by atoms with Gasteiger partial charge in [-0.15, -0.1) is 0 Å². The fourth-order valence-corrected chi connectivity index (χ4v) is 2.86. The van der Waals surface area contributed by atoms with E-state index in [0.29, 0.717) is 22.9 Å². The lowest BCUT2D eigenvalue weighted by molar-refractivity contribution is 0.102. The van der Waals surface area contributed by atoms with Gasteiger partial charge in [0.2, 0.25) is 0 Å². The number of amides is 1. The number of anilines is 2. The molecule has 3 rings (SSSR count). The van der Waals surface area contributed by atoms with E-state index >= 15 is 0 Å². The van der Waals surface area contributed by atoms with Gasteiger partial charge in [-0.2, -0.15) is 5.26 Å². The number of rotatable bonds is 4. The number of aromatic amines is 1. The number of nitrogens with zero attached hydrogens (tertiary/aromatic N) is 3. The predicted molar refractivity (Wildman–Crippen MR) is 89.7 cm³/mol. The van der Waals surface area contributed by atoms with E-state index in [0.717, 1.165) is 31.7 Å². The molecule has 124 valence electrons. The van der Waals surface area contributed by atoms with Gasteiger partial charge in [0.05, 0.1) is 11.3 Å². The SMILES string of the molecule is N#Cc1cc(C(=O)Nc2cccnc2N2CCC(CO)CC2)c[nH]1. The summed E-state index contributed by atoms with van der Waals surface area (Å²) in [6.45, 7) is 1.82. The number of carbonyl (C=O) groups is 1. The summed E-state index contributed by atoms with van der Waals surface area (Å²) < 4.78 is 0. The zero-order valence-electron chi connectivity index (χ0n) is 13.2. The van der Waals surface area contributed by atoms with Crippen LogP contribution >= 0.6 is 0 Å². The van der Waals surface area contributed by atoms with Crippen LogP contribution in [0.15, 0.2) is 30.6 Å². The molecule has 1 fully saturated rings. The Hall–Kier alpha value is -2.85. The van der Waals surface area contributed by atoms with Crippen molar-refractivity contribution >= 4 is 17.4 Å². The van der Waals surface area contributed by atoms with Crippen molar-refractivity contribution in [3.8, 4) is 6.07 Å². The topological polar surface area (TPSA) is 105 Å². The van der Waals surface area contributed by atoms with Crippen LogP contribution in [0.3, 0.4) is 0 Å². The molecule has 1 aliphatic rings. The summed E-state index contributed by atoms with van der Waals surface area (Å²) in [5, 5.41) is 20.9. The lowest BCUT2D eigenvalue weighted by atomic mass is 9.98. The number of aliphatic hydroxyl groups is 1. The van der Waals surface area contributed by atoms with Gasteiger partial charge in [0, 0.05) is 32.1 Å².